The molecule has 14 heteroatoms. The molecule has 4 aromatic rings. The lowest BCUT2D eigenvalue weighted by Gasteiger charge is -2.38. The Balaban J connectivity index is 0.000000470. The molecule has 9 nitrogen and oxygen atoms in total. The van der Waals surface area contributed by atoms with Crippen LogP contribution in [-0.2, 0) is 4.79 Å². The molecule has 2 aromatic carbocycles. The number of benzene rings is 2. The molecule has 210 valence electrons. The molecule has 1 aliphatic heterocycles. The Morgan fingerprint density at radius 3 is 2.40 bits per heavy atom. The summed E-state index contributed by atoms with van der Waals surface area (Å²) in [7, 11) is 0. The number of aliphatic carboxylic acids is 1. The van der Waals surface area contributed by atoms with Crippen LogP contribution in [0.3, 0.4) is 0 Å². The molecule has 5 rings (SSSR count). The van der Waals surface area contributed by atoms with E-state index >= 15 is 0 Å². The number of hydrogen-bond acceptors (Lipinski definition) is 7. The third-order valence-corrected chi connectivity index (χ3v) is 5.85. The second kappa shape index (κ2) is 11.2. The van der Waals surface area contributed by atoms with Crippen molar-refractivity contribution in [3.8, 4) is 17.3 Å². The molecule has 2 aromatic heterocycles. The molecule has 0 bridgehead atoms. The van der Waals surface area contributed by atoms with Gasteiger partial charge in [-0.15, -0.1) is 0 Å². The van der Waals surface area contributed by atoms with Crippen LogP contribution in [0, 0.1) is 6.92 Å². The number of nitrogens with zero attached hydrogens (tertiary/aromatic N) is 4. The summed E-state index contributed by atoms with van der Waals surface area (Å²) in [6.07, 6.45) is -7.12. The van der Waals surface area contributed by atoms with E-state index in [-0.39, 0.29) is 24.9 Å². The number of hydrogen-bond donors (Lipinski definition) is 1. The van der Waals surface area contributed by atoms with Crippen LogP contribution in [0.2, 0.25) is 0 Å². The van der Waals surface area contributed by atoms with Gasteiger partial charge in [-0.1, -0.05) is 35.5 Å². The highest BCUT2D eigenvalue weighted by molar-refractivity contribution is 6.00. The van der Waals surface area contributed by atoms with Gasteiger partial charge in [0.1, 0.15) is 0 Å². The lowest BCUT2D eigenvalue weighted by Crippen LogP contribution is -2.55. The Kier molecular flexibility index (Phi) is 7.98. The molecule has 1 N–H and O–H groups in total. The van der Waals surface area contributed by atoms with Crippen molar-refractivity contribution in [1.29, 1.82) is 0 Å². The average Bonchev–Trinajstić information content (AvgIpc) is 3.35. The Hall–Kier alpha value is -4.62. The predicted molar refractivity (Wildman–Crippen MR) is 130 cm³/mol. The number of para-hydroxylation sites is 1. The molecule has 1 unspecified atom stereocenters. The second-order valence-corrected chi connectivity index (χ2v) is 8.71. The number of carbonyl (C=O) groups is 2. The molecule has 0 aliphatic carbocycles. The maximum atomic E-state index is 14.7. The van der Waals surface area contributed by atoms with Crippen molar-refractivity contribution >= 4 is 22.8 Å². The number of likely N-dealkylation sites (tertiary alicyclic amines) is 1. The standard InChI is InChI=1S/C24H20F2N4O3.C2HF3O2/c1-15-27-22(33-29-15)17-7-3-4-8-18(17)23(31)30-13-12-24(25,26)20(14-30)32-21-11-10-16-6-2-5-9-19(16)28-21;3-2(4,5)1(6)7/h2-11,20H,12-14H2,1H3;(H,6,7). The van der Waals surface area contributed by atoms with Gasteiger partial charge in [-0.3, -0.25) is 4.79 Å². The van der Waals surface area contributed by atoms with E-state index < -0.39 is 36.5 Å². The van der Waals surface area contributed by atoms with Crippen LogP contribution in [0.25, 0.3) is 22.4 Å². The highest BCUT2D eigenvalue weighted by Gasteiger charge is 2.47. The molecule has 40 heavy (non-hydrogen) atoms. The van der Waals surface area contributed by atoms with E-state index in [4.69, 9.17) is 19.2 Å². The molecule has 0 spiro atoms. The summed E-state index contributed by atoms with van der Waals surface area (Å²) < 4.78 is 72.0. The van der Waals surface area contributed by atoms with Crippen molar-refractivity contribution in [2.75, 3.05) is 13.1 Å². The second-order valence-electron chi connectivity index (χ2n) is 8.71. The monoisotopic (exact) mass is 564 g/mol. The van der Waals surface area contributed by atoms with Gasteiger partial charge in [0.2, 0.25) is 5.88 Å². The minimum atomic E-state index is -5.08. The number of aryl methyl sites for hydroxylation is 1. The third kappa shape index (κ3) is 6.50. The Morgan fingerprint density at radius 2 is 1.73 bits per heavy atom. The zero-order valence-electron chi connectivity index (χ0n) is 20.7. The number of alkyl halides is 5. The average molecular weight is 564 g/mol. The summed E-state index contributed by atoms with van der Waals surface area (Å²) in [5.74, 6) is -5.54. The molecule has 1 fully saturated rings. The van der Waals surface area contributed by atoms with Gasteiger partial charge in [0.05, 0.1) is 23.2 Å². The number of ether oxygens (including phenoxy) is 1. The summed E-state index contributed by atoms with van der Waals surface area (Å²) in [5.41, 5.74) is 1.40. The zero-order valence-corrected chi connectivity index (χ0v) is 20.7. The van der Waals surface area contributed by atoms with Crippen LogP contribution < -0.4 is 4.74 Å². The van der Waals surface area contributed by atoms with Crippen molar-refractivity contribution < 1.29 is 45.9 Å². The normalized spacial score (nSPS) is 16.6. The predicted octanol–water partition coefficient (Wildman–Crippen LogP) is 5.16. The van der Waals surface area contributed by atoms with Gasteiger partial charge >= 0.3 is 12.1 Å². The lowest BCUT2D eigenvalue weighted by atomic mass is 10.0. The van der Waals surface area contributed by atoms with Crippen molar-refractivity contribution in [1.82, 2.24) is 20.0 Å². The van der Waals surface area contributed by atoms with Crippen LogP contribution in [0.1, 0.15) is 22.6 Å². The summed E-state index contributed by atoms with van der Waals surface area (Å²) in [5, 5.41) is 11.8. The summed E-state index contributed by atoms with van der Waals surface area (Å²) in [4.78, 5) is 32.1. The van der Waals surface area contributed by atoms with Crippen LogP contribution in [0.15, 0.2) is 65.2 Å². The molecule has 0 radical (unpaired) electrons. The number of carboxylic acids is 1. The first-order valence-electron chi connectivity index (χ1n) is 11.7. The van der Waals surface area contributed by atoms with Crippen LogP contribution in [-0.4, -0.2) is 68.3 Å². The van der Waals surface area contributed by atoms with E-state index in [0.29, 0.717) is 22.5 Å². The third-order valence-electron chi connectivity index (χ3n) is 5.85. The Bertz CT molecular complexity index is 1520. The number of aromatic nitrogens is 3. The number of carboxylic acid groups (broad SMARTS) is 1. The fourth-order valence-electron chi connectivity index (χ4n) is 3.87. The van der Waals surface area contributed by atoms with Crippen molar-refractivity contribution in [3.05, 3.63) is 72.1 Å². The SMILES string of the molecule is Cc1noc(-c2ccccc2C(=O)N2CCC(F)(F)C(Oc3ccc4ccccc4n3)C2)n1.O=C(O)C(F)(F)F. The quantitative estimate of drug-likeness (QED) is 0.338. The van der Waals surface area contributed by atoms with Crippen molar-refractivity contribution in [2.24, 2.45) is 0 Å². The van der Waals surface area contributed by atoms with Gasteiger partial charge in [0, 0.05) is 24.4 Å². The van der Waals surface area contributed by atoms with E-state index in [1.807, 2.05) is 18.2 Å². The van der Waals surface area contributed by atoms with E-state index in [2.05, 4.69) is 15.1 Å². The maximum Gasteiger partial charge on any atom is 0.490 e. The van der Waals surface area contributed by atoms with Gasteiger partial charge in [-0.2, -0.15) is 18.2 Å². The number of pyridine rings is 1. The molecule has 1 aliphatic rings. The van der Waals surface area contributed by atoms with E-state index in [0.717, 1.165) is 5.39 Å². The number of amides is 1. The van der Waals surface area contributed by atoms with Gasteiger partial charge in [-0.05, 0) is 31.2 Å². The maximum absolute atomic E-state index is 14.7. The first-order valence-corrected chi connectivity index (χ1v) is 11.7. The van der Waals surface area contributed by atoms with Crippen molar-refractivity contribution in [3.63, 3.8) is 0 Å². The van der Waals surface area contributed by atoms with E-state index in [9.17, 15) is 26.7 Å². The topological polar surface area (TPSA) is 119 Å². The molecule has 0 saturated carbocycles. The number of fused-ring (bicyclic) bond motifs is 1. The van der Waals surface area contributed by atoms with E-state index in [1.165, 1.54) is 4.90 Å². The van der Waals surface area contributed by atoms with Gasteiger partial charge in [0.15, 0.2) is 11.9 Å². The number of rotatable bonds is 4. The molecule has 1 saturated heterocycles. The Labute approximate surface area is 223 Å². The summed E-state index contributed by atoms with van der Waals surface area (Å²) >= 11 is 0. The van der Waals surface area contributed by atoms with Crippen LogP contribution >= 0.6 is 0 Å². The molecule has 3 heterocycles. The highest BCUT2D eigenvalue weighted by Crippen LogP contribution is 2.33. The smallest absolute Gasteiger partial charge is 0.475 e. The lowest BCUT2D eigenvalue weighted by molar-refractivity contribution is -0.192. The molecule has 1 amide bonds. The number of piperidine rings is 1. The summed E-state index contributed by atoms with van der Waals surface area (Å²) in [6.45, 7) is 1.29. The van der Waals surface area contributed by atoms with E-state index in [1.54, 1.807) is 49.4 Å². The van der Waals surface area contributed by atoms with Crippen LogP contribution in [0.5, 0.6) is 5.88 Å². The minimum absolute atomic E-state index is 0.0920. The molecular weight excluding hydrogens is 543 g/mol. The number of halogens is 5. The van der Waals surface area contributed by atoms with Gasteiger partial charge < -0.3 is 19.3 Å². The molecular formula is C26H21F5N4O5. The minimum Gasteiger partial charge on any atom is -0.475 e. The zero-order chi connectivity index (χ0) is 29.1. The van der Waals surface area contributed by atoms with Gasteiger partial charge in [0.25, 0.3) is 17.7 Å². The summed E-state index contributed by atoms with van der Waals surface area (Å²) in [6, 6.07) is 17.4. The fourth-order valence-corrected chi connectivity index (χ4v) is 3.87. The fraction of sp³-hybridized carbons (Fsp3) is 0.269. The molecule has 1 atom stereocenters. The highest BCUT2D eigenvalue weighted by atomic mass is 19.4. The largest absolute Gasteiger partial charge is 0.490 e. The Morgan fingerprint density at radius 1 is 1.05 bits per heavy atom. The first-order chi connectivity index (χ1) is 18.8. The first kappa shape index (κ1) is 28.4. The van der Waals surface area contributed by atoms with Gasteiger partial charge in [-0.25, -0.2) is 18.6 Å². The number of carbonyl (C=O) groups excluding carboxylic acids is 1. The van der Waals surface area contributed by atoms with Crippen molar-refractivity contribution in [2.45, 2.75) is 31.5 Å². The van der Waals surface area contributed by atoms with Crippen LogP contribution in [0.4, 0.5) is 22.0 Å².